The molecule has 3 aliphatic rings. The summed E-state index contributed by atoms with van der Waals surface area (Å²) in [5.74, 6) is 1.91. The Balaban J connectivity index is 1.31. The minimum atomic E-state index is -0.403. The van der Waals surface area contributed by atoms with Crippen molar-refractivity contribution in [1.82, 2.24) is 0 Å². The zero-order chi connectivity index (χ0) is 29.9. The van der Waals surface area contributed by atoms with Crippen LogP contribution in [0.15, 0.2) is 146 Å². The van der Waals surface area contributed by atoms with Crippen molar-refractivity contribution in [3.05, 3.63) is 179 Å². The second-order valence-electron chi connectivity index (χ2n) is 13.2. The van der Waals surface area contributed by atoms with Gasteiger partial charge in [-0.25, -0.2) is 0 Å². The lowest BCUT2D eigenvalue weighted by atomic mass is 9.70. The lowest BCUT2D eigenvalue weighted by Crippen LogP contribution is -2.26. The third-order valence-electron chi connectivity index (χ3n) is 10.8. The van der Waals surface area contributed by atoms with Crippen molar-refractivity contribution < 1.29 is 4.74 Å². The van der Waals surface area contributed by atoms with Gasteiger partial charge < -0.3 is 4.74 Å². The molecule has 1 spiro atoms. The first-order valence-corrected chi connectivity index (χ1v) is 15.9. The third kappa shape index (κ3) is 2.99. The van der Waals surface area contributed by atoms with Gasteiger partial charge in [-0.05, 0) is 66.9 Å². The van der Waals surface area contributed by atoms with E-state index in [1.807, 2.05) is 0 Å². The predicted octanol–water partition coefficient (Wildman–Crippen LogP) is 11.3. The Labute approximate surface area is 263 Å². The van der Waals surface area contributed by atoms with Gasteiger partial charge in [0.1, 0.15) is 11.5 Å². The molecule has 1 atom stereocenters. The summed E-state index contributed by atoms with van der Waals surface area (Å²) >= 11 is 0. The van der Waals surface area contributed by atoms with Crippen LogP contribution in [-0.2, 0) is 10.8 Å². The summed E-state index contributed by atoms with van der Waals surface area (Å²) in [4.78, 5) is 0. The summed E-state index contributed by atoms with van der Waals surface area (Å²) in [6.07, 6.45) is 0. The Kier molecular flexibility index (Phi) is 4.78. The highest BCUT2D eigenvalue weighted by atomic mass is 16.5. The highest BCUT2D eigenvalue weighted by molar-refractivity contribution is 6.07. The molecule has 7 aromatic rings. The maximum atomic E-state index is 6.82. The summed E-state index contributed by atoms with van der Waals surface area (Å²) in [5.41, 5.74) is 14.9. The molecule has 0 aromatic heterocycles. The molecule has 0 saturated heterocycles. The molecule has 7 aromatic carbocycles. The van der Waals surface area contributed by atoms with Crippen molar-refractivity contribution in [3.8, 4) is 44.9 Å². The van der Waals surface area contributed by atoms with Crippen molar-refractivity contribution in [2.45, 2.75) is 24.7 Å². The zero-order valence-corrected chi connectivity index (χ0v) is 25.3. The molecule has 1 nitrogen and oxygen atoms in total. The number of hydrogen-bond donors (Lipinski definition) is 0. The molecule has 0 saturated carbocycles. The molecule has 1 aliphatic heterocycles. The van der Waals surface area contributed by atoms with Crippen LogP contribution in [0.2, 0.25) is 0 Å². The highest BCUT2D eigenvalue weighted by Gasteiger charge is 2.52. The Morgan fingerprint density at radius 2 is 0.956 bits per heavy atom. The van der Waals surface area contributed by atoms with Gasteiger partial charge in [-0.1, -0.05) is 153 Å². The first-order chi connectivity index (χ1) is 22.1. The molecule has 212 valence electrons. The van der Waals surface area contributed by atoms with E-state index in [0.29, 0.717) is 0 Å². The van der Waals surface area contributed by atoms with Crippen LogP contribution in [0.25, 0.3) is 44.2 Å². The van der Waals surface area contributed by atoms with E-state index in [1.165, 1.54) is 72.0 Å². The van der Waals surface area contributed by atoms with E-state index >= 15 is 0 Å². The van der Waals surface area contributed by atoms with Gasteiger partial charge in [0.05, 0.1) is 5.41 Å². The summed E-state index contributed by atoms with van der Waals surface area (Å²) in [5, 5.41) is 2.59. The minimum Gasteiger partial charge on any atom is -0.456 e. The van der Waals surface area contributed by atoms with Gasteiger partial charge in [-0.3, -0.25) is 0 Å². The number of fused-ring (bicyclic) bond motifs is 14. The fourth-order valence-corrected chi connectivity index (χ4v) is 8.86. The average molecular weight is 575 g/mol. The topological polar surface area (TPSA) is 9.23 Å². The van der Waals surface area contributed by atoms with Crippen LogP contribution in [0.5, 0.6) is 11.5 Å². The second kappa shape index (κ2) is 8.61. The number of rotatable bonds is 1. The van der Waals surface area contributed by atoms with Crippen molar-refractivity contribution in [2.75, 3.05) is 0 Å². The van der Waals surface area contributed by atoms with Crippen LogP contribution < -0.4 is 4.74 Å². The quantitative estimate of drug-likeness (QED) is 0.189. The summed E-state index contributed by atoms with van der Waals surface area (Å²) in [6, 6.07) is 53.8. The van der Waals surface area contributed by atoms with Crippen molar-refractivity contribution >= 4 is 10.8 Å². The number of hydrogen-bond acceptors (Lipinski definition) is 1. The maximum absolute atomic E-state index is 6.82. The maximum Gasteiger partial charge on any atom is 0.139 e. The summed E-state index contributed by atoms with van der Waals surface area (Å²) < 4.78 is 6.82. The van der Waals surface area contributed by atoms with Crippen LogP contribution in [0.3, 0.4) is 0 Å². The Hall–Kier alpha value is -5.40. The van der Waals surface area contributed by atoms with E-state index in [-0.39, 0.29) is 5.41 Å². The molecule has 1 heterocycles. The van der Waals surface area contributed by atoms with Gasteiger partial charge in [0.15, 0.2) is 0 Å². The van der Waals surface area contributed by atoms with Gasteiger partial charge in [0.25, 0.3) is 0 Å². The molecule has 45 heavy (non-hydrogen) atoms. The molecule has 10 rings (SSSR count). The fraction of sp³-hybridized carbons (Fsp3) is 0.0909. The van der Waals surface area contributed by atoms with Crippen molar-refractivity contribution in [1.29, 1.82) is 0 Å². The van der Waals surface area contributed by atoms with Crippen molar-refractivity contribution in [3.63, 3.8) is 0 Å². The lowest BCUT2D eigenvalue weighted by Gasteiger charge is -2.35. The molecular weight excluding hydrogens is 544 g/mol. The second-order valence-corrected chi connectivity index (χ2v) is 13.2. The van der Waals surface area contributed by atoms with E-state index in [4.69, 9.17) is 4.74 Å². The molecule has 0 radical (unpaired) electrons. The van der Waals surface area contributed by atoms with Crippen LogP contribution >= 0.6 is 0 Å². The first-order valence-electron chi connectivity index (χ1n) is 15.9. The normalized spacial score (nSPS) is 17.6. The van der Waals surface area contributed by atoms with Crippen LogP contribution in [0.4, 0.5) is 0 Å². The zero-order valence-electron chi connectivity index (χ0n) is 25.3. The molecule has 0 N–H and O–H groups in total. The van der Waals surface area contributed by atoms with Crippen LogP contribution in [0, 0.1) is 0 Å². The largest absolute Gasteiger partial charge is 0.456 e. The molecule has 1 unspecified atom stereocenters. The van der Waals surface area contributed by atoms with E-state index in [9.17, 15) is 0 Å². The molecule has 1 heteroatoms. The highest BCUT2D eigenvalue weighted by Crippen LogP contribution is 2.65. The lowest BCUT2D eigenvalue weighted by molar-refractivity contribution is 0.419. The fourth-order valence-electron chi connectivity index (χ4n) is 8.86. The van der Waals surface area contributed by atoms with Gasteiger partial charge in [0.2, 0.25) is 0 Å². The Morgan fingerprint density at radius 1 is 0.400 bits per heavy atom. The van der Waals surface area contributed by atoms with Gasteiger partial charge in [-0.2, -0.15) is 0 Å². The first kappa shape index (κ1) is 25.0. The van der Waals surface area contributed by atoms with E-state index in [0.717, 1.165) is 17.1 Å². The van der Waals surface area contributed by atoms with Crippen LogP contribution in [0.1, 0.15) is 47.2 Å². The average Bonchev–Trinajstić information content (AvgIpc) is 3.56. The molecular formula is C44H30O. The molecule has 0 bridgehead atoms. The van der Waals surface area contributed by atoms with Crippen molar-refractivity contribution in [2.24, 2.45) is 0 Å². The molecule has 0 amide bonds. The Bertz CT molecular complexity index is 2390. The standard InChI is InChI=1S/C44H30O/c1-43(2)35-21-9-10-24-39(35)45-42-30(18-12-23-38(42)43)29-17-11-22-36-41(29)32-16-6-8-20-34(32)44(36)33-19-7-5-15-31(33)40-28-14-4-3-13-27(28)25-26-37(40)44/h3-26H,1-2H3. The Morgan fingerprint density at radius 3 is 1.76 bits per heavy atom. The van der Waals surface area contributed by atoms with Crippen LogP contribution in [-0.4, -0.2) is 0 Å². The summed E-state index contributed by atoms with van der Waals surface area (Å²) in [6.45, 7) is 4.63. The molecule has 0 fully saturated rings. The summed E-state index contributed by atoms with van der Waals surface area (Å²) in [7, 11) is 0. The molecule has 2 aliphatic carbocycles. The number of para-hydroxylation sites is 2. The van der Waals surface area contributed by atoms with Gasteiger partial charge in [0, 0.05) is 22.1 Å². The van der Waals surface area contributed by atoms with E-state index in [2.05, 4.69) is 159 Å². The monoisotopic (exact) mass is 574 g/mol. The van der Waals surface area contributed by atoms with E-state index < -0.39 is 5.41 Å². The predicted molar refractivity (Wildman–Crippen MR) is 184 cm³/mol. The van der Waals surface area contributed by atoms with Gasteiger partial charge >= 0.3 is 0 Å². The minimum absolute atomic E-state index is 0.179. The van der Waals surface area contributed by atoms with E-state index in [1.54, 1.807) is 0 Å². The number of ether oxygens (including phenoxy) is 1. The third-order valence-corrected chi connectivity index (χ3v) is 10.8. The number of benzene rings is 7. The van der Waals surface area contributed by atoms with Gasteiger partial charge in [-0.15, -0.1) is 0 Å². The SMILES string of the molecule is CC1(C)c2ccccc2Oc2c(-c3cccc4c3-c3ccccc3C43c4ccccc4-c4c3ccc3ccccc43)cccc21. The smallest absolute Gasteiger partial charge is 0.139 e.